The predicted octanol–water partition coefficient (Wildman–Crippen LogP) is 3.35. The first-order chi connectivity index (χ1) is 7.24. The fraction of sp³-hybridized carbons (Fsp3) is 0.538. The molecule has 0 aromatic heterocycles. The number of halogens is 1. The van der Waals surface area contributed by atoms with Gasteiger partial charge in [-0.05, 0) is 54.8 Å². The Morgan fingerprint density at radius 3 is 3.00 bits per heavy atom. The zero-order chi connectivity index (χ0) is 10.8. The molecule has 1 aliphatic rings. The average molecular weight is 224 g/mol. The van der Waals surface area contributed by atoms with Gasteiger partial charge in [-0.15, -0.1) is 0 Å². The Labute approximate surface area is 96.6 Å². The van der Waals surface area contributed by atoms with Crippen molar-refractivity contribution < 1.29 is 0 Å². The second-order valence-electron chi connectivity index (χ2n) is 4.51. The summed E-state index contributed by atoms with van der Waals surface area (Å²) in [5.41, 5.74) is 8.48. The molecular weight excluding hydrogens is 206 g/mol. The van der Waals surface area contributed by atoms with Crippen molar-refractivity contribution in [1.29, 1.82) is 0 Å². The number of hydrogen-bond acceptors (Lipinski definition) is 1. The molecule has 82 valence electrons. The Kier molecular flexibility index (Phi) is 3.32. The minimum atomic E-state index is 0.609. The summed E-state index contributed by atoms with van der Waals surface area (Å²) in [7, 11) is 0. The lowest BCUT2D eigenvalue weighted by molar-refractivity contribution is 0.387. The second kappa shape index (κ2) is 4.54. The van der Waals surface area contributed by atoms with Gasteiger partial charge in [0, 0.05) is 5.02 Å². The van der Waals surface area contributed by atoms with Crippen LogP contribution in [0, 0.1) is 5.92 Å². The van der Waals surface area contributed by atoms with E-state index in [4.69, 9.17) is 17.3 Å². The average Bonchev–Trinajstić information content (AvgIpc) is 2.23. The van der Waals surface area contributed by atoms with E-state index in [1.165, 1.54) is 17.5 Å². The Balaban J connectivity index is 2.39. The third-order valence-corrected chi connectivity index (χ3v) is 3.92. The molecule has 0 saturated heterocycles. The van der Waals surface area contributed by atoms with E-state index >= 15 is 0 Å². The SMILES string of the molecule is CC1CCc2c(Cl)cccc2C1CCN. The van der Waals surface area contributed by atoms with Crippen molar-refractivity contribution in [1.82, 2.24) is 0 Å². The zero-order valence-electron chi connectivity index (χ0n) is 9.17. The molecule has 0 heterocycles. The van der Waals surface area contributed by atoms with Crippen LogP contribution >= 0.6 is 11.6 Å². The highest BCUT2D eigenvalue weighted by Gasteiger charge is 2.26. The van der Waals surface area contributed by atoms with Gasteiger partial charge in [-0.25, -0.2) is 0 Å². The third-order valence-electron chi connectivity index (χ3n) is 3.57. The maximum absolute atomic E-state index is 6.22. The molecule has 2 unspecified atom stereocenters. The molecule has 0 bridgehead atoms. The summed E-state index contributed by atoms with van der Waals surface area (Å²) in [6.07, 6.45) is 3.44. The van der Waals surface area contributed by atoms with Gasteiger partial charge in [-0.3, -0.25) is 0 Å². The van der Waals surface area contributed by atoms with Crippen molar-refractivity contribution in [2.24, 2.45) is 11.7 Å². The van der Waals surface area contributed by atoms with Crippen molar-refractivity contribution in [3.05, 3.63) is 34.3 Å². The van der Waals surface area contributed by atoms with E-state index in [2.05, 4.69) is 19.1 Å². The largest absolute Gasteiger partial charge is 0.330 e. The first kappa shape index (κ1) is 11.0. The molecule has 0 fully saturated rings. The maximum atomic E-state index is 6.22. The molecule has 2 rings (SSSR count). The Hall–Kier alpha value is -0.530. The standard InChI is InChI=1S/C13H18ClN/c1-9-5-6-12-11(10(9)7-8-15)3-2-4-13(12)14/h2-4,9-10H,5-8,15H2,1H3. The van der Waals surface area contributed by atoms with E-state index < -0.39 is 0 Å². The van der Waals surface area contributed by atoms with E-state index in [9.17, 15) is 0 Å². The molecule has 0 spiro atoms. The normalized spacial score (nSPS) is 25.0. The van der Waals surface area contributed by atoms with Gasteiger partial charge in [-0.1, -0.05) is 30.7 Å². The maximum Gasteiger partial charge on any atom is 0.0440 e. The quantitative estimate of drug-likeness (QED) is 0.818. The highest BCUT2D eigenvalue weighted by molar-refractivity contribution is 6.31. The van der Waals surface area contributed by atoms with Gasteiger partial charge in [0.2, 0.25) is 0 Å². The van der Waals surface area contributed by atoms with Gasteiger partial charge >= 0.3 is 0 Å². The van der Waals surface area contributed by atoms with Crippen LogP contribution in [0.3, 0.4) is 0 Å². The number of nitrogens with two attached hydrogens (primary N) is 1. The lowest BCUT2D eigenvalue weighted by Gasteiger charge is -2.31. The highest BCUT2D eigenvalue weighted by Crippen LogP contribution is 2.40. The van der Waals surface area contributed by atoms with Crippen LogP contribution in [-0.2, 0) is 6.42 Å². The lowest BCUT2D eigenvalue weighted by Crippen LogP contribution is -2.21. The molecule has 2 atom stereocenters. The molecule has 1 nitrogen and oxygen atoms in total. The molecule has 0 saturated carbocycles. The predicted molar refractivity (Wildman–Crippen MR) is 65.3 cm³/mol. The monoisotopic (exact) mass is 223 g/mol. The minimum absolute atomic E-state index is 0.609. The van der Waals surface area contributed by atoms with Crippen LogP contribution in [0.25, 0.3) is 0 Å². The van der Waals surface area contributed by atoms with Gasteiger partial charge in [0.05, 0.1) is 0 Å². The van der Waals surface area contributed by atoms with Crippen LogP contribution in [-0.4, -0.2) is 6.54 Å². The van der Waals surface area contributed by atoms with Gasteiger partial charge in [0.15, 0.2) is 0 Å². The summed E-state index contributed by atoms with van der Waals surface area (Å²) in [5.74, 6) is 1.34. The van der Waals surface area contributed by atoms with E-state index in [-0.39, 0.29) is 0 Å². The molecule has 15 heavy (non-hydrogen) atoms. The lowest BCUT2D eigenvalue weighted by atomic mass is 9.74. The van der Waals surface area contributed by atoms with Crippen LogP contribution in [0.5, 0.6) is 0 Å². The molecule has 2 heteroatoms. The smallest absolute Gasteiger partial charge is 0.0440 e. The summed E-state index contributed by atoms with van der Waals surface area (Å²) >= 11 is 6.22. The van der Waals surface area contributed by atoms with Crippen LogP contribution in [0.1, 0.15) is 36.8 Å². The minimum Gasteiger partial charge on any atom is -0.330 e. The van der Waals surface area contributed by atoms with Gasteiger partial charge in [-0.2, -0.15) is 0 Å². The van der Waals surface area contributed by atoms with Gasteiger partial charge in [0.1, 0.15) is 0 Å². The second-order valence-corrected chi connectivity index (χ2v) is 4.91. The van der Waals surface area contributed by atoms with E-state index in [0.29, 0.717) is 5.92 Å². The molecule has 0 amide bonds. The molecule has 0 radical (unpaired) electrons. The van der Waals surface area contributed by atoms with E-state index in [1.54, 1.807) is 0 Å². The number of hydrogen-bond donors (Lipinski definition) is 1. The first-order valence-electron chi connectivity index (χ1n) is 5.71. The molecule has 1 aromatic rings. The van der Waals surface area contributed by atoms with Crippen LogP contribution in [0.15, 0.2) is 18.2 Å². The van der Waals surface area contributed by atoms with Crippen LogP contribution in [0.2, 0.25) is 5.02 Å². The van der Waals surface area contributed by atoms with E-state index in [1.807, 2.05) is 6.07 Å². The van der Waals surface area contributed by atoms with Crippen molar-refractivity contribution in [2.75, 3.05) is 6.54 Å². The van der Waals surface area contributed by atoms with Crippen LogP contribution < -0.4 is 5.73 Å². The first-order valence-corrected chi connectivity index (χ1v) is 6.09. The number of rotatable bonds is 2. The Bertz CT molecular complexity index is 348. The molecular formula is C13H18ClN. The van der Waals surface area contributed by atoms with Crippen molar-refractivity contribution >= 4 is 11.6 Å². The van der Waals surface area contributed by atoms with E-state index in [0.717, 1.165) is 30.3 Å². The molecule has 0 aliphatic heterocycles. The van der Waals surface area contributed by atoms with Gasteiger partial charge < -0.3 is 5.73 Å². The topological polar surface area (TPSA) is 26.0 Å². The fourth-order valence-corrected chi connectivity index (χ4v) is 2.96. The number of benzene rings is 1. The summed E-state index contributed by atoms with van der Waals surface area (Å²) in [5, 5.41) is 0.932. The molecule has 1 aliphatic carbocycles. The third kappa shape index (κ3) is 2.04. The summed E-state index contributed by atoms with van der Waals surface area (Å²) < 4.78 is 0. The Morgan fingerprint density at radius 2 is 2.27 bits per heavy atom. The number of fused-ring (bicyclic) bond motifs is 1. The highest BCUT2D eigenvalue weighted by atomic mass is 35.5. The van der Waals surface area contributed by atoms with Gasteiger partial charge in [0.25, 0.3) is 0 Å². The molecule has 2 N–H and O–H groups in total. The zero-order valence-corrected chi connectivity index (χ0v) is 9.93. The van der Waals surface area contributed by atoms with Crippen molar-refractivity contribution in [2.45, 2.75) is 32.1 Å². The Morgan fingerprint density at radius 1 is 1.47 bits per heavy atom. The van der Waals surface area contributed by atoms with Crippen LogP contribution in [0.4, 0.5) is 0 Å². The molecule has 1 aromatic carbocycles. The summed E-state index contributed by atoms with van der Waals surface area (Å²) in [6, 6.07) is 6.27. The van der Waals surface area contributed by atoms with Crippen molar-refractivity contribution in [3.63, 3.8) is 0 Å². The summed E-state index contributed by atoms with van der Waals surface area (Å²) in [6.45, 7) is 3.09. The summed E-state index contributed by atoms with van der Waals surface area (Å²) in [4.78, 5) is 0. The fourth-order valence-electron chi connectivity index (χ4n) is 2.69. The van der Waals surface area contributed by atoms with Crippen molar-refractivity contribution in [3.8, 4) is 0 Å².